The van der Waals surface area contributed by atoms with Crippen LogP contribution in [0.1, 0.15) is 55.2 Å². The first-order valence-corrected chi connectivity index (χ1v) is 11.8. The van der Waals surface area contributed by atoms with Crippen molar-refractivity contribution in [2.24, 2.45) is 0 Å². The molecule has 1 saturated heterocycles. The molecule has 172 valence electrons. The zero-order chi connectivity index (χ0) is 23.1. The highest BCUT2D eigenvalue weighted by Gasteiger charge is 2.26. The minimum absolute atomic E-state index is 0.0925. The Hall–Kier alpha value is -2.63. The molecule has 5 nitrogen and oxygen atoms in total. The molecule has 2 aromatic rings. The van der Waals surface area contributed by atoms with Gasteiger partial charge in [0.15, 0.2) is 0 Å². The van der Waals surface area contributed by atoms with Crippen LogP contribution in [0.15, 0.2) is 60.2 Å². The highest BCUT2D eigenvalue weighted by Crippen LogP contribution is 2.31. The molecule has 1 atom stereocenters. The van der Waals surface area contributed by atoms with Crippen molar-refractivity contribution < 1.29 is 4.79 Å². The molecule has 0 radical (unpaired) electrons. The number of hydrogen-bond acceptors (Lipinski definition) is 4. The van der Waals surface area contributed by atoms with Crippen LogP contribution in [0, 0.1) is 0 Å². The number of hydrogen-bond donors (Lipinski definition) is 1. The van der Waals surface area contributed by atoms with Gasteiger partial charge in [-0.15, -0.1) is 0 Å². The molecule has 1 unspecified atom stereocenters. The third-order valence-electron chi connectivity index (χ3n) is 6.28. The molecule has 0 saturated carbocycles. The Labute approximate surface area is 193 Å². The lowest BCUT2D eigenvalue weighted by Crippen LogP contribution is -2.47. The molecule has 0 aliphatic carbocycles. The fourth-order valence-electron chi connectivity index (χ4n) is 4.36. The number of piperazine rings is 1. The van der Waals surface area contributed by atoms with E-state index in [4.69, 9.17) is 5.73 Å². The number of allylic oxidation sites excluding steroid dienone is 1. The maximum Gasteiger partial charge on any atom is 0.253 e. The Morgan fingerprint density at radius 3 is 2.22 bits per heavy atom. The Balaban J connectivity index is 1.83. The van der Waals surface area contributed by atoms with E-state index >= 15 is 0 Å². The molecule has 5 heteroatoms. The molecule has 1 aliphatic rings. The second-order valence-corrected chi connectivity index (χ2v) is 8.79. The maximum absolute atomic E-state index is 12.7. The summed E-state index contributed by atoms with van der Waals surface area (Å²) in [7, 11) is 0. The molecule has 32 heavy (non-hydrogen) atoms. The van der Waals surface area contributed by atoms with Crippen molar-refractivity contribution in [3.8, 4) is 0 Å². The summed E-state index contributed by atoms with van der Waals surface area (Å²) in [6.07, 6.45) is 2.30. The minimum Gasteiger partial charge on any atom is -0.399 e. The van der Waals surface area contributed by atoms with E-state index in [1.165, 1.54) is 16.7 Å². The average molecular weight is 435 g/mol. The predicted molar refractivity (Wildman–Crippen MR) is 134 cm³/mol. The largest absolute Gasteiger partial charge is 0.399 e. The third-order valence-corrected chi connectivity index (χ3v) is 6.28. The van der Waals surface area contributed by atoms with Gasteiger partial charge in [0.05, 0.1) is 6.04 Å². The first-order valence-electron chi connectivity index (χ1n) is 11.8. The van der Waals surface area contributed by atoms with Gasteiger partial charge in [0.25, 0.3) is 5.91 Å². The molecule has 0 aromatic heterocycles. The molecule has 1 heterocycles. The Morgan fingerprint density at radius 2 is 1.66 bits per heavy atom. The molecule has 2 aromatic carbocycles. The van der Waals surface area contributed by atoms with Crippen molar-refractivity contribution in [3.63, 3.8) is 0 Å². The molecule has 3 rings (SSSR count). The molecule has 0 spiro atoms. The smallest absolute Gasteiger partial charge is 0.253 e. The first-order chi connectivity index (χ1) is 15.4. The fourth-order valence-corrected chi connectivity index (χ4v) is 4.36. The number of benzene rings is 2. The molecular weight excluding hydrogens is 396 g/mol. The number of carbonyl (C=O) groups is 1. The Morgan fingerprint density at radius 1 is 1.00 bits per heavy atom. The highest BCUT2D eigenvalue weighted by molar-refractivity contribution is 5.94. The van der Waals surface area contributed by atoms with Gasteiger partial charge >= 0.3 is 0 Å². The number of nitrogens with zero attached hydrogens (tertiary/aromatic N) is 3. The van der Waals surface area contributed by atoms with Crippen LogP contribution in [0.2, 0.25) is 0 Å². The summed E-state index contributed by atoms with van der Waals surface area (Å²) >= 11 is 0. The van der Waals surface area contributed by atoms with Gasteiger partial charge in [-0.25, -0.2) is 0 Å². The minimum atomic E-state index is 0.0925. The zero-order valence-corrected chi connectivity index (χ0v) is 20.1. The fraction of sp³-hybridized carbons (Fsp3) is 0.444. The van der Waals surface area contributed by atoms with Gasteiger partial charge in [0.2, 0.25) is 0 Å². The molecular formula is C27H38N4O. The topological polar surface area (TPSA) is 52.8 Å². The summed E-state index contributed by atoms with van der Waals surface area (Å²) in [5.74, 6) is 0.0925. The quantitative estimate of drug-likeness (QED) is 0.493. The van der Waals surface area contributed by atoms with Crippen molar-refractivity contribution in [3.05, 3.63) is 76.9 Å². The SMILES string of the molecule is CCN(CC)C(=O)c1ccc(C(c2cccc(N)c2)N2CCN(CC=C(C)C)CC2)cc1. The number of carbonyl (C=O) groups excluding carboxylic acids is 1. The van der Waals surface area contributed by atoms with Gasteiger partial charge in [0.1, 0.15) is 0 Å². The number of anilines is 1. The van der Waals surface area contributed by atoms with Gasteiger partial charge in [-0.05, 0) is 63.1 Å². The number of nitrogen functional groups attached to an aromatic ring is 1. The maximum atomic E-state index is 12.7. The van der Waals surface area contributed by atoms with Crippen molar-refractivity contribution >= 4 is 11.6 Å². The number of nitrogens with two attached hydrogens (primary N) is 1. The highest BCUT2D eigenvalue weighted by atomic mass is 16.2. The monoisotopic (exact) mass is 434 g/mol. The second kappa shape index (κ2) is 11.3. The summed E-state index contributed by atoms with van der Waals surface area (Å²) in [4.78, 5) is 19.6. The molecule has 2 N–H and O–H groups in total. The van der Waals surface area contributed by atoms with Crippen LogP contribution in [0.25, 0.3) is 0 Å². The second-order valence-electron chi connectivity index (χ2n) is 8.79. The predicted octanol–water partition coefficient (Wildman–Crippen LogP) is 4.42. The number of rotatable bonds is 8. The van der Waals surface area contributed by atoms with E-state index in [0.29, 0.717) is 0 Å². The van der Waals surface area contributed by atoms with Crippen LogP contribution in [0.4, 0.5) is 5.69 Å². The summed E-state index contributed by atoms with van der Waals surface area (Å²) in [5, 5.41) is 0. The Kier molecular flexibility index (Phi) is 8.48. The Bertz CT molecular complexity index is 906. The molecule has 1 aliphatic heterocycles. The lowest BCUT2D eigenvalue weighted by molar-refractivity contribution is 0.0773. The third kappa shape index (κ3) is 5.99. The van der Waals surface area contributed by atoms with E-state index in [1.807, 2.05) is 43.0 Å². The molecule has 0 bridgehead atoms. The van der Waals surface area contributed by atoms with Crippen molar-refractivity contribution in [1.82, 2.24) is 14.7 Å². The van der Waals surface area contributed by atoms with E-state index in [1.54, 1.807) is 0 Å². The van der Waals surface area contributed by atoms with Gasteiger partial charge in [-0.1, -0.05) is 35.9 Å². The van der Waals surface area contributed by atoms with Crippen LogP contribution < -0.4 is 5.73 Å². The lowest BCUT2D eigenvalue weighted by atomic mass is 9.95. The van der Waals surface area contributed by atoms with E-state index in [2.05, 4.69) is 54.0 Å². The zero-order valence-electron chi connectivity index (χ0n) is 20.1. The van der Waals surface area contributed by atoms with Gasteiger partial charge < -0.3 is 10.6 Å². The summed E-state index contributed by atoms with van der Waals surface area (Å²) in [6.45, 7) is 14.9. The van der Waals surface area contributed by atoms with Gasteiger partial charge in [-0.2, -0.15) is 0 Å². The summed E-state index contributed by atoms with van der Waals surface area (Å²) in [5.41, 5.74) is 11.4. The van der Waals surface area contributed by atoms with E-state index in [9.17, 15) is 4.79 Å². The van der Waals surface area contributed by atoms with E-state index in [0.717, 1.165) is 57.1 Å². The summed E-state index contributed by atoms with van der Waals surface area (Å²) in [6, 6.07) is 16.5. The van der Waals surface area contributed by atoms with E-state index in [-0.39, 0.29) is 11.9 Å². The molecule has 1 fully saturated rings. The van der Waals surface area contributed by atoms with Crippen molar-refractivity contribution in [2.45, 2.75) is 33.7 Å². The van der Waals surface area contributed by atoms with Crippen molar-refractivity contribution in [2.75, 3.05) is 51.5 Å². The normalized spacial score (nSPS) is 15.9. The van der Waals surface area contributed by atoms with Gasteiger partial charge in [0, 0.05) is 57.1 Å². The van der Waals surface area contributed by atoms with Crippen molar-refractivity contribution in [1.29, 1.82) is 0 Å². The number of amides is 1. The molecule has 1 amide bonds. The van der Waals surface area contributed by atoms with Crippen LogP contribution in [-0.4, -0.2) is 66.4 Å². The van der Waals surface area contributed by atoms with E-state index < -0.39 is 0 Å². The lowest BCUT2D eigenvalue weighted by Gasteiger charge is -2.39. The van der Waals surface area contributed by atoms with Crippen LogP contribution in [0.3, 0.4) is 0 Å². The van der Waals surface area contributed by atoms with Crippen LogP contribution in [0.5, 0.6) is 0 Å². The van der Waals surface area contributed by atoms with Gasteiger partial charge in [-0.3, -0.25) is 14.6 Å². The van der Waals surface area contributed by atoms with Crippen LogP contribution in [-0.2, 0) is 0 Å². The average Bonchev–Trinajstić information content (AvgIpc) is 2.80. The summed E-state index contributed by atoms with van der Waals surface area (Å²) < 4.78 is 0. The standard InChI is InChI=1S/C27H38N4O/c1-5-30(6-2)27(32)23-12-10-22(11-13-23)26(24-8-7-9-25(28)20-24)31-18-16-29(17-19-31)15-14-21(3)4/h7-14,20,26H,5-6,15-19,28H2,1-4H3. The first kappa shape index (κ1) is 24.0. The van der Waals surface area contributed by atoms with Crippen LogP contribution >= 0.6 is 0 Å².